The van der Waals surface area contributed by atoms with Crippen LogP contribution in [0.5, 0.6) is 0 Å². The van der Waals surface area contributed by atoms with Crippen LogP contribution >= 0.6 is 0 Å². The maximum atomic E-state index is 2.27. The van der Waals surface area contributed by atoms with Gasteiger partial charge in [-0.05, 0) is 34.8 Å². The monoisotopic (exact) mass is 218 g/mol. The number of rotatable bonds is 1. The fourth-order valence-electron chi connectivity index (χ4n) is 2.18. The lowest BCUT2D eigenvalue weighted by molar-refractivity contribution is 1.24. The minimum absolute atomic E-state index is 1.04. The largest absolute Gasteiger partial charge is 0.0801 e. The first-order chi connectivity index (χ1) is 8.43. The van der Waals surface area contributed by atoms with Crippen molar-refractivity contribution in [3.05, 3.63) is 89.6 Å². The SMILES string of the molecule is C1=CCC(=C2C=CC(c3ccccc3)=C2)C=C1. The van der Waals surface area contributed by atoms with Crippen molar-refractivity contribution in [1.29, 1.82) is 0 Å². The summed E-state index contributed by atoms with van der Waals surface area (Å²) in [5.74, 6) is 0. The molecule has 0 aliphatic heterocycles. The van der Waals surface area contributed by atoms with Crippen molar-refractivity contribution < 1.29 is 0 Å². The van der Waals surface area contributed by atoms with Gasteiger partial charge in [0.25, 0.3) is 0 Å². The van der Waals surface area contributed by atoms with Crippen LogP contribution in [0.2, 0.25) is 0 Å². The van der Waals surface area contributed by atoms with Crippen LogP contribution in [-0.2, 0) is 0 Å². The van der Waals surface area contributed by atoms with Crippen LogP contribution in [0, 0.1) is 0 Å². The summed E-state index contributed by atoms with van der Waals surface area (Å²) in [7, 11) is 0. The van der Waals surface area contributed by atoms with Crippen LogP contribution in [0.15, 0.2) is 84.0 Å². The van der Waals surface area contributed by atoms with Gasteiger partial charge in [-0.25, -0.2) is 0 Å². The van der Waals surface area contributed by atoms with Crippen molar-refractivity contribution in [1.82, 2.24) is 0 Å². The van der Waals surface area contributed by atoms with Gasteiger partial charge < -0.3 is 0 Å². The molecule has 0 unspecified atom stereocenters. The van der Waals surface area contributed by atoms with E-state index in [1.807, 2.05) is 0 Å². The zero-order valence-electron chi connectivity index (χ0n) is 9.64. The molecule has 82 valence electrons. The van der Waals surface area contributed by atoms with Crippen molar-refractivity contribution >= 4 is 5.57 Å². The molecule has 0 heterocycles. The zero-order valence-corrected chi connectivity index (χ0v) is 9.64. The maximum Gasteiger partial charge on any atom is -0.00884 e. The van der Waals surface area contributed by atoms with Gasteiger partial charge in [-0.2, -0.15) is 0 Å². The van der Waals surface area contributed by atoms with Gasteiger partial charge in [0.15, 0.2) is 0 Å². The molecule has 0 N–H and O–H groups in total. The van der Waals surface area contributed by atoms with Crippen LogP contribution in [0.4, 0.5) is 0 Å². The molecule has 1 aromatic rings. The second-order valence-corrected chi connectivity index (χ2v) is 4.27. The van der Waals surface area contributed by atoms with Gasteiger partial charge in [0, 0.05) is 0 Å². The maximum absolute atomic E-state index is 2.27. The first-order valence-electron chi connectivity index (χ1n) is 5.95. The van der Waals surface area contributed by atoms with Crippen molar-refractivity contribution in [3.8, 4) is 0 Å². The molecule has 0 nitrogen and oxygen atoms in total. The van der Waals surface area contributed by atoms with E-state index in [0.717, 1.165) is 6.42 Å². The summed E-state index contributed by atoms with van der Waals surface area (Å²) in [6, 6.07) is 10.5. The quantitative estimate of drug-likeness (QED) is 0.653. The highest BCUT2D eigenvalue weighted by molar-refractivity contribution is 5.81. The van der Waals surface area contributed by atoms with E-state index in [1.165, 1.54) is 22.3 Å². The van der Waals surface area contributed by atoms with Gasteiger partial charge in [-0.1, -0.05) is 66.8 Å². The number of allylic oxidation sites excluding steroid dienone is 10. The van der Waals surface area contributed by atoms with Gasteiger partial charge in [0.1, 0.15) is 0 Å². The smallest absolute Gasteiger partial charge is 0.00884 e. The van der Waals surface area contributed by atoms with Crippen LogP contribution in [0.25, 0.3) is 5.57 Å². The van der Waals surface area contributed by atoms with Crippen LogP contribution in [0.1, 0.15) is 12.0 Å². The molecule has 0 aromatic heterocycles. The Hall–Kier alpha value is -2.08. The molecule has 3 rings (SSSR count). The van der Waals surface area contributed by atoms with E-state index in [0.29, 0.717) is 0 Å². The summed E-state index contributed by atoms with van der Waals surface area (Å²) < 4.78 is 0. The van der Waals surface area contributed by atoms with Crippen LogP contribution < -0.4 is 0 Å². The Balaban J connectivity index is 1.95. The molecular formula is C17H14. The lowest BCUT2D eigenvalue weighted by Gasteiger charge is -2.04. The molecule has 0 radical (unpaired) electrons. The normalized spacial score (nSPS) is 22.0. The number of benzene rings is 1. The molecule has 0 amide bonds. The van der Waals surface area contributed by atoms with E-state index in [4.69, 9.17) is 0 Å². The van der Waals surface area contributed by atoms with E-state index >= 15 is 0 Å². The minimum Gasteiger partial charge on any atom is -0.0801 e. The molecule has 1 aromatic carbocycles. The van der Waals surface area contributed by atoms with Crippen LogP contribution in [-0.4, -0.2) is 0 Å². The van der Waals surface area contributed by atoms with Crippen molar-refractivity contribution in [2.75, 3.05) is 0 Å². The lowest BCUT2D eigenvalue weighted by atomic mass is 10.0. The molecule has 0 bridgehead atoms. The number of hydrogen-bond donors (Lipinski definition) is 0. The third kappa shape index (κ3) is 2.07. The zero-order chi connectivity index (χ0) is 11.5. The van der Waals surface area contributed by atoms with Gasteiger partial charge in [-0.15, -0.1) is 0 Å². The summed E-state index contributed by atoms with van der Waals surface area (Å²) in [6.07, 6.45) is 16.3. The van der Waals surface area contributed by atoms with Crippen molar-refractivity contribution in [2.24, 2.45) is 0 Å². The average Bonchev–Trinajstić information content (AvgIpc) is 2.90. The topological polar surface area (TPSA) is 0 Å². The molecule has 0 saturated heterocycles. The van der Waals surface area contributed by atoms with Crippen molar-refractivity contribution in [3.63, 3.8) is 0 Å². The Morgan fingerprint density at radius 3 is 2.47 bits per heavy atom. The molecule has 2 aliphatic carbocycles. The highest BCUT2D eigenvalue weighted by atomic mass is 14.1. The van der Waals surface area contributed by atoms with Gasteiger partial charge in [-0.3, -0.25) is 0 Å². The third-order valence-electron chi connectivity index (χ3n) is 3.11. The lowest BCUT2D eigenvalue weighted by Crippen LogP contribution is -1.84. The molecule has 0 heteroatoms. The second kappa shape index (κ2) is 4.42. The Kier molecular flexibility index (Phi) is 2.63. The van der Waals surface area contributed by atoms with E-state index in [-0.39, 0.29) is 0 Å². The Morgan fingerprint density at radius 2 is 1.71 bits per heavy atom. The van der Waals surface area contributed by atoms with E-state index in [1.54, 1.807) is 0 Å². The highest BCUT2D eigenvalue weighted by Gasteiger charge is 2.08. The summed E-state index contributed by atoms with van der Waals surface area (Å²) in [4.78, 5) is 0. The molecule has 0 atom stereocenters. The van der Waals surface area contributed by atoms with Gasteiger partial charge in [0.2, 0.25) is 0 Å². The average molecular weight is 218 g/mol. The molecule has 2 aliphatic rings. The first-order valence-corrected chi connectivity index (χ1v) is 5.95. The van der Waals surface area contributed by atoms with Crippen LogP contribution in [0.3, 0.4) is 0 Å². The Labute approximate surface area is 102 Å². The van der Waals surface area contributed by atoms with Crippen molar-refractivity contribution in [2.45, 2.75) is 6.42 Å². The van der Waals surface area contributed by atoms with Gasteiger partial charge >= 0.3 is 0 Å². The predicted octanol–water partition coefficient (Wildman–Crippen LogP) is 4.45. The molecule has 0 saturated carbocycles. The van der Waals surface area contributed by atoms with E-state index in [9.17, 15) is 0 Å². The summed E-state index contributed by atoms with van der Waals surface area (Å²) >= 11 is 0. The molecule has 0 spiro atoms. The second-order valence-electron chi connectivity index (χ2n) is 4.27. The Bertz CT molecular complexity index is 563. The molecule has 0 fully saturated rings. The minimum atomic E-state index is 1.04. The van der Waals surface area contributed by atoms with E-state index < -0.39 is 0 Å². The third-order valence-corrected chi connectivity index (χ3v) is 3.11. The molecular weight excluding hydrogens is 204 g/mol. The fraction of sp³-hybridized carbons (Fsp3) is 0.0588. The summed E-state index contributed by atoms with van der Waals surface area (Å²) in [6.45, 7) is 0. The first kappa shape index (κ1) is 10.1. The van der Waals surface area contributed by atoms with Gasteiger partial charge in [0.05, 0.1) is 0 Å². The summed E-state index contributed by atoms with van der Waals surface area (Å²) in [5.41, 5.74) is 5.32. The molecule has 17 heavy (non-hydrogen) atoms. The fourth-order valence-corrected chi connectivity index (χ4v) is 2.18. The summed E-state index contributed by atoms with van der Waals surface area (Å²) in [5, 5.41) is 0. The predicted molar refractivity (Wildman–Crippen MR) is 73.5 cm³/mol. The van der Waals surface area contributed by atoms with E-state index in [2.05, 4.69) is 72.9 Å². The standard InChI is InChI=1S/C17H14/c1-3-7-14(8-4-1)16-11-12-17(13-16)15-9-5-2-6-10-15/h1-9,11-13H,10H2. The Morgan fingerprint density at radius 1 is 0.824 bits per heavy atom. The number of hydrogen-bond acceptors (Lipinski definition) is 0. The highest BCUT2D eigenvalue weighted by Crippen LogP contribution is 2.28.